The zero-order valence-electron chi connectivity index (χ0n) is 11.4. The average Bonchev–Trinajstić information content (AvgIpc) is 2.65. The van der Waals surface area contributed by atoms with Gasteiger partial charge in [-0.3, -0.25) is 0 Å². The zero-order valence-corrected chi connectivity index (χ0v) is 12.2. The Hall–Kier alpha value is -1.48. The van der Waals surface area contributed by atoms with Crippen molar-refractivity contribution in [3.8, 4) is 11.1 Å². The minimum absolute atomic E-state index is 0.395. The molecule has 0 aliphatic heterocycles. The van der Waals surface area contributed by atoms with Gasteiger partial charge in [0.1, 0.15) is 0 Å². The van der Waals surface area contributed by atoms with Crippen LogP contribution in [0.1, 0.15) is 50.1 Å². The minimum Gasteiger partial charge on any atom is -0.367 e. The highest BCUT2D eigenvalue weighted by Crippen LogP contribution is 2.40. The van der Waals surface area contributed by atoms with E-state index < -0.39 is 0 Å². The van der Waals surface area contributed by atoms with Crippen LogP contribution in [0.25, 0.3) is 11.1 Å². The van der Waals surface area contributed by atoms with E-state index in [1.54, 1.807) is 0 Å². The summed E-state index contributed by atoms with van der Waals surface area (Å²) in [7, 11) is 0. The molecule has 0 unspecified atom stereocenters. The predicted octanol–water partition coefficient (Wildman–Crippen LogP) is 5.02. The van der Waals surface area contributed by atoms with E-state index >= 15 is 0 Å². The lowest BCUT2D eigenvalue weighted by molar-refractivity contribution is 0.413. The van der Waals surface area contributed by atoms with Crippen molar-refractivity contribution < 1.29 is 4.52 Å². The summed E-state index contributed by atoms with van der Waals surface area (Å²) >= 11 is 6.09. The van der Waals surface area contributed by atoms with Crippen LogP contribution >= 0.6 is 11.6 Å². The Morgan fingerprint density at radius 3 is 2.60 bits per heavy atom. The number of hydrogen-bond donors (Lipinski definition) is 1. The van der Waals surface area contributed by atoms with E-state index in [-0.39, 0.29) is 0 Å². The Morgan fingerprint density at radius 1 is 1.15 bits per heavy atom. The standard InChI is InChI=1S/C16H19ClN2O/c17-13-9-5-8-12(10-13)14-15(19-20-16(14)18)11-6-3-1-2-4-7-11/h5,8-11H,1-4,6-7,18H2. The SMILES string of the molecule is Nc1onc(C2CCCCCC2)c1-c1cccc(Cl)c1. The number of aromatic nitrogens is 1. The number of rotatable bonds is 2. The maximum atomic E-state index is 6.09. The molecule has 1 aliphatic rings. The fourth-order valence-electron chi connectivity index (χ4n) is 3.08. The van der Waals surface area contributed by atoms with Gasteiger partial charge in [0.15, 0.2) is 0 Å². The van der Waals surface area contributed by atoms with Gasteiger partial charge in [0.05, 0.1) is 11.3 Å². The number of hydrogen-bond acceptors (Lipinski definition) is 3. The Balaban J connectivity index is 2.00. The summed E-state index contributed by atoms with van der Waals surface area (Å²) < 4.78 is 5.27. The molecule has 0 amide bonds. The normalized spacial score (nSPS) is 17.1. The molecule has 1 aromatic heterocycles. The van der Waals surface area contributed by atoms with Crippen LogP contribution in [-0.4, -0.2) is 5.16 Å². The van der Waals surface area contributed by atoms with Crippen molar-refractivity contribution in [3.63, 3.8) is 0 Å². The number of benzene rings is 1. The minimum atomic E-state index is 0.395. The van der Waals surface area contributed by atoms with Crippen LogP contribution in [0.15, 0.2) is 28.8 Å². The van der Waals surface area contributed by atoms with Gasteiger partial charge in [-0.15, -0.1) is 0 Å². The van der Waals surface area contributed by atoms with Crippen LogP contribution in [0.2, 0.25) is 5.02 Å². The third-order valence-corrected chi connectivity index (χ3v) is 4.34. The summed E-state index contributed by atoms with van der Waals surface area (Å²) in [5, 5.41) is 4.95. The highest BCUT2D eigenvalue weighted by atomic mass is 35.5. The van der Waals surface area contributed by atoms with E-state index in [0.717, 1.165) is 16.8 Å². The third kappa shape index (κ3) is 2.68. The zero-order chi connectivity index (χ0) is 13.9. The molecule has 3 rings (SSSR count). The molecule has 1 aliphatic carbocycles. The predicted molar refractivity (Wildman–Crippen MR) is 81.8 cm³/mol. The largest absolute Gasteiger partial charge is 0.367 e. The van der Waals surface area contributed by atoms with Gasteiger partial charge in [0.25, 0.3) is 0 Å². The maximum Gasteiger partial charge on any atom is 0.230 e. The number of halogens is 1. The van der Waals surface area contributed by atoms with E-state index in [0.29, 0.717) is 16.8 Å². The van der Waals surface area contributed by atoms with Crippen molar-refractivity contribution in [3.05, 3.63) is 35.0 Å². The fourth-order valence-corrected chi connectivity index (χ4v) is 3.27. The molecule has 0 spiro atoms. The molecule has 2 aromatic rings. The number of nitrogens with zero attached hydrogens (tertiary/aromatic N) is 1. The molecule has 106 valence electrons. The molecule has 1 saturated carbocycles. The highest BCUT2D eigenvalue weighted by Gasteiger charge is 2.24. The van der Waals surface area contributed by atoms with Crippen molar-refractivity contribution in [1.82, 2.24) is 5.16 Å². The molecule has 4 heteroatoms. The van der Waals surface area contributed by atoms with Crippen LogP contribution in [0, 0.1) is 0 Å². The molecule has 20 heavy (non-hydrogen) atoms. The molecule has 0 atom stereocenters. The summed E-state index contributed by atoms with van der Waals surface area (Å²) in [6.45, 7) is 0. The number of nitrogens with two attached hydrogens (primary N) is 1. The summed E-state index contributed by atoms with van der Waals surface area (Å²) in [5.41, 5.74) is 8.93. The topological polar surface area (TPSA) is 52.0 Å². The van der Waals surface area contributed by atoms with Crippen molar-refractivity contribution in [2.45, 2.75) is 44.4 Å². The number of nitrogen functional groups attached to an aromatic ring is 1. The van der Waals surface area contributed by atoms with Gasteiger partial charge in [0, 0.05) is 10.9 Å². The van der Waals surface area contributed by atoms with Crippen molar-refractivity contribution in [1.29, 1.82) is 0 Å². The second kappa shape index (κ2) is 5.88. The van der Waals surface area contributed by atoms with Crippen molar-refractivity contribution in [2.24, 2.45) is 0 Å². The van der Waals surface area contributed by atoms with Gasteiger partial charge in [0.2, 0.25) is 5.88 Å². The summed E-state index contributed by atoms with van der Waals surface area (Å²) in [4.78, 5) is 0. The first-order chi connectivity index (χ1) is 9.75. The molecule has 3 nitrogen and oxygen atoms in total. The van der Waals surface area contributed by atoms with Crippen LogP contribution in [0.4, 0.5) is 5.88 Å². The molecule has 1 aromatic carbocycles. The van der Waals surface area contributed by atoms with Crippen LogP contribution in [0.5, 0.6) is 0 Å². The maximum absolute atomic E-state index is 6.09. The second-order valence-corrected chi connectivity index (χ2v) is 5.94. The first-order valence-corrected chi connectivity index (χ1v) is 7.64. The van der Waals surface area contributed by atoms with Gasteiger partial charge in [-0.1, -0.05) is 54.6 Å². The molecular weight excluding hydrogens is 272 g/mol. The first kappa shape index (κ1) is 13.5. The lowest BCUT2D eigenvalue weighted by Crippen LogP contribution is -2.00. The Labute approximate surface area is 124 Å². The quantitative estimate of drug-likeness (QED) is 0.791. The van der Waals surface area contributed by atoms with E-state index in [9.17, 15) is 0 Å². The molecule has 0 bridgehead atoms. The Kier molecular flexibility index (Phi) is 3.97. The molecule has 0 radical (unpaired) electrons. The lowest BCUT2D eigenvalue weighted by Gasteiger charge is -2.12. The third-order valence-electron chi connectivity index (χ3n) is 4.10. The van der Waals surface area contributed by atoms with Crippen molar-refractivity contribution >= 4 is 17.5 Å². The fraction of sp³-hybridized carbons (Fsp3) is 0.438. The lowest BCUT2D eigenvalue weighted by atomic mass is 9.91. The molecular formula is C16H19ClN2O. The van der Waals surface area contributed by atoms with Gasteiger partial charge < -0.3 is 10.3 Å². The van der Waals surface area contributed by atoms with E-state index in [1.165, 1.54) is 38.5 Å². The molecule has 1 heterocycles. The molecule has 1 fully saturated rings. The molecule has 2 N–H and O–H groups in total. The monoisotopic (exact) mass is 290 g/mol. The summed E-state index contributed by atoms with van der Waals surface area (Å²) in [6.07, 6.45) is 7.48. The van der Waals surface area contributed by atoms with Gasteiger partial charge >= 0.3 is 0 Å². The Morgan fingerprint density at radius 2 is 1.90 bits per heavy atom. The van der Waals surface area contributed by atoms with E-state index in [4.69, 9.17) is 21.9 Å². The van der Waals surface area contributed by atoms with Crippen molar-refractivity contribution in [2.75, 3.05) is 5.73 Å². The smallest absolute Gasteiger partial charge is 0.230 e. The van der Waals surface area contributed by atoms with Crippen LogP contribution in [0.3, 0.4) is 0 Å². The summed E-state index contributed by atoms with van der Waals surface area (Å²) in [5.74, 6) is 0.846. The van der Waals surface area contributed by atoms with E-state index in [2.05, 4.69) is 5.16 Å². The highest BCUT2D eigenvalue weighted by molar-refractivity contribution is 6.30. The van der Waals surface area contributed by atoms with Crippen LogP contribution in [-0.2, 0) is 0 Å². The van der Waals surface area contributed by atoms with Gasteiger partial charge in [-0.05, 0) is 30.5 Å². The van der Waals surface area contributed by atoms with Gasteiger partial charge in [-0.2, -0.15) is 0 Å². The number of anilines is 1. The van der Waals surface area contributed by atoms with Crippen LogP contribution < -0.4 is 5.73 Å². The summed E-state index contributed by atoms with van der Waals surface area (Å²) in [6, 6.07) is 7.72. The van der Waals surface area contributed by atoms with Gasteiger partial charge in [-0.25, -0.2) is 0 Å². The second-order valence-electron chi connectivity index (χ2n) is 5.51. The average molecular weight is 291 g/mol. The van der Waals surface area contributed by atoms with E-state index in [1.807, 2.05) is 24.3 Å². The Bertz CT molecular complexity index is 586. The molecule has 0 saturated heterocycles. The first-order valence-electron chi connectivity index (χ1n) is 7.26.